The number of esters is 1. The molecule has 1 aromatic heterocycles. The van der Waals surface area contributed by atoms with E-state index in [2.05, 4.69) is 10.3 Å². The summed E-state index contributed by atoms with van der Waals surface area (Å²) >= 11 is 0. The fourth-order valence-corrected chi connectivity index (χ4v) is 3.83. The third-order valence-electron chi connectivity index (χ3n) is 4.91. The van der Waals surface area contributed by atoms with Crippen molar-refractivity contribution in [3.8, 4) is 11.5 Å². The van der Waals surface area contributed by atoms with Crippen LogP contribution in [0, 0.1) is 13.8 Å². The molecule has 0 saturated carbocycles. The second-order valence-corrected chi connectivity index (χ2v) is 9.74. The normalized spacial score (nSPS) is 12.4. The Morgan fingerprint density at radius 2 is 1.76 bits per heavy atom. The Kier molecular flexibility index (Phi) is 6.99. The van der Waals surface area contributed by atoms with Gasteiger partial charge in [-0.1, -0.05) is 24.3 Å². The maximum Gasteiger partial charge on any atom is 0.361 e. The standard InChI is InChI=1S/C23H25N3O6S/c1-14-11-12-18(33(29,30)26(4)5)13-19(14)24-21(27)16(3)32-23(28)20-15(2)31-22(25-20)17-9-7-6-8-10-17/h6-13,16H,1-5H3,(H,24,27)/t16-/m1/s1. The number of carbonyl (C=O) groups excluding carboxylic acids is 2. The summed E-state index contributed by atoms with van der Waals surface area (Å²) < 4.78 is 36.7. The molecule has 0 bridgehead atoms. The van der Waals surface area contributed by atoms with Gasteiger partial charge in [-0.05, 0) is 50.6 Å². The molecular weight excluding hydrogens is 446 g/mol. The number of nitrogens with one attached hydrogen (secondary N) is 1. The van der Waals surface area contributed by atoms with Gasteiger partial charge in [0.05, 0.1) is 4.90 Å². The second kappa shape index (κ2) is 9.55. The Morgan fingerprint density at radius 3 is 2.39 bits per heavy atom. The Hall–Kier alpha value is -3.50. The number of sulfonamides is 1. The number of ether oxygens (including phenoxy) is 1. The van der Waals surface area contributed by atoms with Gasteiger partial charge in [-0.3, -0.25) is 4.79 Å². The van der Waals surface area contributed by atoms with Crippen LogP contribution in [0.5, 0.6) is 0 Å². The number of hydrogen-bond donors (Lipinski definition) is 1. The van der Waals surface area contributed by atoms with E-state index in [4.69, 9.17) is 9.15 Å². The van der Waals surface area contributed by atoms with Crippen molar-refractivity contribution in [2.24, 2.45) is 0 Å². The van der Waals surface area contributed by atoms with Crippen LogP contribution in [0.4, 0.5) is 5.69 Å². The predicted octanol–water partition coefficient (Wildman–Crippen LogP) is 3.39. The number of hydrogen-bond acceptors (Lipinski definition) is 7. The Bertz CT molecular complexity index is 1280. The molecule has 0 radical (unpaired) electrons. The number of aryl methyl sites for hydroxylation is 2. The van der Waals surface area contributed by atoms with Crippen LogP contribution in [-0.4, -0.2) is 49.8 Å². The summed E-state index contributed by atoms with van der Waals surface area (Å²) in [5.41, 5.74) is 1.63. The topological polar surface area (TPSA) is 119 Å². The number of benzene rings is 2. The molecule has 0 spiro atoms. The molecule has 0 saturated heterocycles. The summed E-state index contributed by atoms with van der Waals surface area (Å²) in [6.45, 7) is 4.72. The highest BCUT2D eigenvalue weighted by Gasteiger charge is 2.25. The Morgan fingerprint density at radius 1 is 1.09 bits per heavy atom. The van der Waals surface area contributed by atoms with Crippen molar-refractivity contribution in [3.05, 3.63) is 65.5 Å². The molecule has 3 aromatic rings. The first-order valence-corrected chi connectivity index (χ1v) is 11.5. The van der Waals surface area contributed by atoms with Crippen molar-refractivity contribution in [1.82, 2.24) is 9.29 Å². The summed E-state index contributed by atoms with van der Waals surface area (Å²) in [4.78, 5) is 29.5. The molecule has 1 heterocycles. The maximum absolute atomic E-state index is 12.6. The van der Waals surface area contributed by atoms with Gasteiger partial charge in [-0.15, -0.1) is 0 Å². The fourth-order valence-electron chi connectivity index (χ4n) is 2.90. The van der Waals surface area contributed by atoms with Gasteiger partial charge in [0.2, 0.25) is 15.9 Å². The van der Waals surface area contributed by atoms with Crippen LogP contribution >= 0.6 is 0 Å². The van der Waals surface area contributed by atoms with Crippen LogP contribution in [0.15, 0.2) is 57.8 Å². The number of oxazole rings is 1. The number of carbonyl (C=O) groups is 2. The molecule has 2 aromatic carbocycles. The first-order chi connectivity index (χ1) is 15.5. The van der Waals surface area contributed by atoms with Crippen LogP contribution in [0.3, 0.4) is 0 Å². The predicted molar refractivity (Wildman–Crippen MR) is 122 cm³/mol. The van der Waals surface area contributed by atoms with E-state index in [1.165, 1.54) is 33.2 Å². The van der Waals surface area contributed by atoms with E-state index in [0.717, 1.165) is 4.31 Å². The Balaban J connectivity index is 1.73. The highest BCUT2D eigenvalue weighted by Crippen LogP contribution is 2.24. The van der Waals surface area contributed by atoms with Crippen molar-refractivity contribution in [2.75, 3.05) is 19.4 Å². The van der Waals surface area contributed by atoms with Crippen molar-refractivity contribution in [2.45, 2.75) is 31.8 Å². The minimum Gasteiger partial charge on any atom is -0.448 e. The lowest BCUT2D eigenvalue weighted by atomic mass is 10.2. The third kappa shape index (κ3) is 5.29. The number of anilines is 1. The minimum absolute atomic E-state index is 0.0243. The lowest BCUT2D eigenvalue weighted by molar-refractivity contribution is -0.123. The third-order valence-corrected chi connectivity index (χ3v) is 6.72. The molecule has 1 amide bonds. The van der Waals surface area contributed by atoms with E-state index >= 15 is 0 Å². The highest BCUT2D eigenvalue weighted by atomic mass is 32.2. The molecule has 0 aliphatic carbocycles. The summed E-state index contributed by atoms with van der Waals surface area (Å²) in [5, 5.41) is 2.62. The summed E-state index contributed by atoms with van der Waals surface area (Å²) in [6.07, 6.45) is -1.16. The van der Waals surface area contributed by atoms with Crippen LogP contribution < -0.4 is 5.32 Å². The fraction of sp³-hybridized carbons (Fsp3) is 0.261. The SMILES string of the molecule is Cc1ccc(S(=O)(=O)N(C)C)cc1NC(=O)[C@@H](C)OC(=O)c1nc(-c2ccccc2)oc1C. The van der Waals surface area contributed by atoms with Gasteiger partial charge < -0.3 is 14.5 Å². The number of amides is 1. The molecule has 33 heavy (non-hydrogen) atoms. The van der Waals surface area contributed by atoms with E-state index in [1.807, 2.05) is 18.2 Å². The van der Waals surface area contributed by atoms with Gasteiger partial charge in [0, 0.05) is 25.3 Å². The molecule has 3 rings (SSSR count). The molecular formula is C23H25N3O6S. The van der Waals surface area contributed by atoms with E-state index in [0.29, 0.717) is 16.8 Å². The average Bonchev–Trinajstić information content (AvgIpc) is 3.17. The van der Waals surface area contributed by atoms with Crippen molar-refractivity contribution >= 4 is 27.6 Å². The van der Waals surface area contributed by atoms with E-state index in [1.54, 1.807) is 32.0 Å². The number of nitrogens with zero attached hydrogens (tertiary/aromatic N) is 2. The molecule has 0 aliphatic rings. The van der Waals surface area contributed by atoms with Crippen LogP contribution in [0.2, 0.25) is 0 Å². The number of rotatable bonds is 7. The smallest absolute Gasteiger partial charge is 0.361 e. The lowest BCUT2D eigenvalue weighted by Gasteiger charge is -2.16. The van der Waals surface area contributed by atoms with Crippen LogP contribution in [-0.2, 0) is 19.6 Å². The molecule has 9 nitrogen and oxygen atoms in total. The van der Waals surface area contributed by atoms with Gasteiger partial charge in [0.15, 0.2) is 11.8 Å². The zero-order valence-electron chi connectivity index (χ0n) is 18.9. The first-order valence-electron chi connectivity index (χ1n) is 10.1. The zero-order valence-corrected chi connectivity index (χ0v) is 19.8. The van der Waals surface area contributed by atoms with Gasteiger partial charge >= 0.3 is 5.97 Å². The van der Waals surface area contributed by atoms with Gasteiger partial charge in [0.25, 0.3) is 5.91 Å². The quantitative estimate of drug-likeness (QED) is 0.525. The zero-order chi connectivity index (χ0) is 24.3. The molecule has 0 fully saturated rings. The van der Waals surface area contributed by atoms with Gasteiger partial charge in [-0.25, -0.2) is 22.5 Å². The average molecular weight is 472 g/mol. The van der Waals surface area contributed by atoms with Gasteiger partial charge in [0.1, 0.15) is 5.76 Å². The summed E-state index contributed by atoms with van der Waals surface area (Å²) in [5.74, 6) is -0.882. The molecule has 1 N–H and O–H groups in total. The van der Waals surface area contributed by atoms with E-state index in [-0.39, 0.29) is 22.2 Å². The van der Waals surface area contributed by atoms with Crippen molar-refractivity contribution < 1.29 is 27.2 Å². The van der Waals surface area contributed by atoms with Gasteiger partial charge in [-0.2, -0.15) is 0 Å². The van der Waals surface area contributed by atoms with Crippen LogP contribution in [0.1, 0.15) is 28.7 Å². The Labute approximate surface area is 192 Å². The summed E-state index contributed by atoms with van der Waals surface area (Å²) in [6, 6.07) is 13.5. The number of aromatic nitrogens is 1. The minimum atomic E-state index is -3.67. The largest absolute Gasteiger partial charge is 0.448 e. The highest BCUT2D eigenvalue weighted by molar-refractivity contribution is 7.89. The molecule has 0 aliphatic heterocycles. The molecule has 10 heteroatoms. The maximum atomic E-state index is 12.6. The second-order valence-electron chi connectivity index (χ2n) is 7.59. The molecule has 1 atom stereocenters. The molecule has 0 unspecified atom stereocenters. The summed E-state index contributed by atoms with van der Waals surface area (Å²) in [7, 11) is -0.833. The van der Waals surface area contributed by atoms with Crippen molar-refractivity contribution in [3.63, 3.8) is 0 Å². The van der Waals surface area contributed by atoms with E-state index in [9.17, 15) is 18.0 Å². The lowest BCUT2D eigenvalue weighted by Crippen LogP contribution is -2.30. The first kappa shape index (κ1) is 24.1. The van der Waals surface area contributed by atoms with Crippen molar-refractivity contribution in [1.29, 1.82) is 0 Å². The molecule has 174 valence electrons. The monoisotopic (exact) mass is 471 g/mol. The van der Waals surface area contributed by atoms with Crippen LogP contribution in [0.25, 0.3) is 11.5 Å². The van der Waals surface area contributed by atoms with E-state index < -0.39 is 28.0 Å².